The van der Waals surface area contributed by atoms with Crippen molar-refractivity contribution in [2.24, 2.45) is 0 Å². The second kappa shape index (κ2) is 8.60. The van der Waals surface area contributed by atoms with Gasteiger partial charge in [-0.3, -0.25) is 0 Å². The van der Waals surface area contributed by atoms with E-state index in [-0.39, 0.29) is 11.9 Å². The third kappa shape index (κ3) is 3.92. The molecule has 1 atom stereocenters. The lowest BCUT2D eigenvalue weighted by Crippen LogP contribution is -2.19. The minimum absolute atomic E-state index is 0.196. The van der Waals surface area contributed by atoms with E-state index < -0.39 is 0 Å². The number of ether oxygens (including phenoxy) is 3. The number of hydrogen-bond acceptors (Lipinski definition) is 5. The molecule has 5 heteroatoms. The van der Waals surface area contributed by atoms with Crippen LogP contribution in [0.4, 0.5) is 0 Å². The molecular formula is C27H27NO4. The van der Waals surface area contributed by atoms with Gasteiger partial charge in [-0.05, 0) is 55.6 Å². The van der Waals surface area contributed by atoms with E-state index in [1.54, 1.807) is 12.1 Å². The van der Waals surface area contributed by atoms with Crippen LogP contribution in [-0.2, 0) is 0 Å². The molecule has 0 aromatic heterocycles. The number of hydrogen-bond donors (Lipinski definition) is 1. The Balaban J connectivity index is 1.56. The molecule has 0 unspecified atom stereocenters. The zero-order valence-corrected chi connectivity index (χ0v) is 18.4. The summed E-state index contributed by atoms with van der Waals surface area (Å²) in [7, 11) is 4.06. The molecule has 164 valence electrons. The zero-order chi connectivity index (χ0) is 22.1. The highest BCUT2D eigenvalue weighted by Gasteiger charge is 2.33. The number of rotatable bonds is 5. The summed E-state index contributed by atoms with van der Waals surface area (Å²) in [4.78, 5) is 2.09. The number of fused-ring (bicyclic) bond motifs is 4. The Morgan fingerprint density at radius 2 is 1.78 bits per heavy atom. The molecule has 0 fully saturated rings. The Morgan fingerprint density at radius 1 is 0.969 bits per heavy atom. The number of nitrogens with zero attached hydrogens (tertiary/aromatic N) is 1. The molecule has 2 aliphatic rings. The summed E-state index contributed by atoms with van der Waals surface area (Å²) in [5.74, 6) is 2.60. The van der Waals surface area contributed by atoms with Gasteiger partial charge in [0, 0.05) is 35.7 Å². The van der Waals surface area contributed by atoms with Crippen LogP contribution in [0.1, 0.15) is 29.2 Å². The fourth-order valence-electron chi connectivity index (χ4n) is 4.32. The van der Waals surface area contributed by atoms with Crippen LogP contribution in [-0.4, -0.2) is 43.9 Å². The van der Waals surface area contributed by atoms with Crippen molar-refractivity contribution in [1.29, 1.82) is 0 Å². The molecule has 0 bridgehead atoms. The summed E-state index contributed by atoms with van der Waals surface area (Å²) in [6.07, 6.45) is 0.464. The normalized spacial score (nSPS) is 16.9. The van der Waals surface area contributed by atoms with Gasteiger partial charge in [0.05, 0.1) is 6.61 Å². The molecule has 3 aromatic carbocycles. The van der Waals surface area contributed by atoms with E-state index in [0.717, 1.165) is 46.7 Å². The first-order valence-electron chi connectivity index (χ1n) is 10.9. The predicted molar refractivity (Wildman–Crippen MR) is 125 cm³/mol. The van der Waals surface area contributed by atoms with Gasteiger partial charge < -0.3 is 24.2 Å². The molecule has 0 saturated carbocycles. The minimum Gasteiger partial charge on any atom is -0.508 e. The van der Waals surface area contributed by atoms with Gasteiger partial charge in [-0.25, -0.2) is 0 Å². The summed E-state index contributed by atoms with van der Waals surface area (Å²) < 4.78 is 18.5. The summed E-state index contributed by atoms with van der Waals surface area (Å²) >= 11 is 0. The Hall–Kier alpha value is -3.44. The molecule has 1 N–H and O–H groups in total. The SMILES string of the molecule is CN(C)CCOc1ccc([C@@H]2Oc3cc(O)ccc3C3=C2c2ccccc2OCC3)cc1. The van der Waals surface area contributed by atoms with Gasteiger partial charge in [0.1, 0.15) is 35.7 Å². The highest BCUT2D eigenvalue weighted by Crippen LogP contribution is 2.51. The molecule has 2 aliphatic heterocycles. The van der Waals surface area contributed by atoms with E-state index in [1.165, 1.54) is 5.57 Å². The average Bonchev–Trinajstić information content (AvgIpc) is 2.98. The molecule has 3 aromatic rings. The van der Waals surface area contributed by atoms with E-state index in [2.05, 4.69) is 23.1 Å². The van der Waals surface area contributed by atoms with E-state index in [0.29, 0.717) is 19.0 Å². The fourth-order valence-corrected chi connectivity index (χ4v) is 4.32. The second-order valence-electron chi connectivity index (χ2n) is 8.39. The third-order valence-electron chi connectivity index (χ3n) is 5.90. The van der Waals surface area contributed by atoms with Crippen LogP contribution in [0.5, 0.6) is 23.0 Å². The van der Waals surface area contributed by atoms with Gasteiger partial charge in [-0.2, -0.15) is 0 Å². The lowest BCUT2D eigenvalue weighted by atomic mass is 9.84. The van der Waals surface area contributed by atoms with Gasteiger partial charge in [-0.1, -0.05) is 30.3 Å². The predicted octanol–water partition coefficient (Wildman–Crippen LogP) is 5.16. The zero-order valence-electron chi connectivity index (χ0n) is 18.4. The van der Waals surface area contributed by atoms with E-state index in [4.69, 9.17) is 14.2 Å². The maximum absolute atomic E-state index is 10.1. The number of aromatic hydroxyl groups is 1. The molecule has 0 radical (unpaired) electrons. The first-order chi connectivity index (χ1) is 15.6. The van der Waals surface area contributed by atoms with Crippen LogP contribution in [0.3, 0.4) is 0 Å². The first kappa shape index (κ1) is 20.5. The van der Waals surface area contributed by atoms with Crippen molar-refractivity contribution in [2.75, 3.05) is 33.9 Å². The number of para-hydroxylation sites is 1. The van der Waals surface area contributed by atoms with Crippen molar-refractivity contribution in [2.45, 2.75) is 12.5 Å². The summed E-state index contributed by atoms with van der Waals surface area (Å²) in [6.45, 7) is 2.10. The topological polar surface area (TPSA) is 51.2 Å². The number of phenols is 1. The van der Waals surface area contributed by atoms with Gasteiger partial charge in [0.2, 0.25) is 0 Å². The average molecular weight is 430 g/mol. The van der Waals surface area contributed by atoms with Gasteiger partial charge in [-0.15, -0.1) is 0 Å². The van der Waals surface area contributed by atoms with E-state index in [1.807, 2.05) is 50.5 Å². The molecule has 5 nitrogen and oxygen atoms in total. The Morgan fingerprint density at radius 3 is 2.59 bits per heavy atom. The Labute approximate surface area is 188 Å². The number of benzene rings is 3. The van der Waals surface area contributed by atoms with E-state index >= 15 is 0 Å². The maximum atomic E-state index is 10.1. The van der Waals surface area contributed by atoms with E-state index in [9.17, 15) is 5.11 Å². The van der Waals surface area contributed by atoms with Crippen molar-refractivity contribution in [1.82, 2.24) is 4.90 Å². The van der Waals surface area contributed by atoms with Gasteiger partial charge in [0.25, 0.3) is 0 Å². The maximum Gasteiger partial charge on any atom is 0.150 e. The smallest absolute Gasteiger partial charge is 0.150 e. The highest BCUT2D eigenvalue weighted by molar-refractivity contribution is 5.98. The van der Waals surface area contributed by atoms with Gasteiger partial charge in [0.15, 0.2) is 0 Å². The molecule has 32 heavy (non-hydrogen) atoms. The van der Waals surface area contributed by atoms with Crippen molar-refractivity contribution in [3.63, 3.8) is 0 Å². The molecule has 2 heterocycles. The molecule has 5 rings (SSSR count). The molecule has 0 spiro atoms. The summed E-state index contributed by atoms with van der Waals surface area (Å²) in [5, 5.41) is 10.1. The molecule has 0 amide bonds. The Bertz CT molecular complexity index is 1150. The fraction of sp³-hybridized carbons (Fsp3) is 0.259. The van der Waals surface area contributed by atoms with Crippen molar-refractivity contribution >= 4 is 11.1 Å². The van der Waals surface area contributed by atoms with Crippen LogP contribution < -0.4 is 14.2 Å². The quantitative estimate of drug-likeness (QED) is 0.607. The van der Waals surface area contributed by atoms with Crippen LogP contribution in [0, 0.1) is 0 Å². The van der Waals surface area contributed by atoms with Crippen LogP contribution in [0.25, 0.3) is 11.1 Å². The second-order valence-corrected chi connectivity index (χ2v) is 8.39. The summed E-state index contributed by atoms with van der Waals surface area (Å²) in [5.41, 5.74) is 5.42. The minimum atomic E-state index is -0.307. The third-order valence-corrected chi connectivity index (χ3v) is 5.90. The molecular weight excluding hydrogens is 402 g/mol. The lowest BCUT2D eigenvalue weighted by molar-refractivity contribution is 0.255. The number of phenolic OH excluding ortho intramolecular Hbond substituents is 1. The molecule has 0 aliphatic carbocycles. The highest BCUT2D eigenvalue weighted by atomic mass is 16.5. The van der Waals surface area contributed by atoms with Crippen molar-refractivity contribution < 1.29 is 19.3 Å². The van der Waals surface area contributed by atoms with Crippen LogP contribution >= 0.6 is 0 Å². The molecule has 0 saturated heterocycles. The first-order valence-corrected chi connectivity index (χ1v) is 10.9. The number of likely N-dealkylation sites (N-methyl/N-ethyl adjacent to an activating group) is 1. The summed E-state index contributed by atoms with van der Waals surface area (Å²) in [6, 6.07) is 21.6. The van der Waals surface area contributed by atoms with Crippen LogP contribution in [0.15, 0.2) is 66.7 Å². The van der Waals surface area contributed by atoms with Crippen LogP contribution in [0.2, 0.25) is 0 Å². The van der Waals surface area contributed by atoms with Crippen molar-refractivity contribution in [3.05, 3.63) is 83.4 Å². The largest absolute Gasteiger partial charge is 0.508 e. The monoisotopic (exact) mass is 429 g/mol. The van der Waals surface area contributed by atoms with Gasteiger partial charge >= 0.3 is 0 Å². The Kier molecular flexibility index (Phi) is 5.50. The van der Waals surface area contributed by atoms with Crippen molar-refractivity contribution in [3.8, 4) is 23.0 Å². The standard InChI is InChI=1S/C27H27NO4/c1-28(2)14-16-30-20-10-7-18(8-11-20)27-26-22(21-12-9-19(29)17-25(21)32-27)13-15-31-24-6-4-3-5-23(24)26/h3-12,17,27,29H,13-16H2,1-2H3/t27-/m0/s1. The lowest BCUT2D eigenvalue weighted by Gasteiger charge is -2.31.